The van der Waals surface area contributed by atoms with Crippen molar-refractivity contribution in [2.24, 2.45) is 0 Å². The Bertz CT molecular complexity index is 2940. The maximum Gasteiger partial charge on any atom is 0.229 e. The summed E-state index contributed by atoms with van der Waals surface area (Å²) in [5.41, 5.74) is 10.4. The van der Waals surface area contributed by atoms with Crippen molar-refractivity contribution in [3.63, 3.8) is 0 Å². The van der Waals surface area contributed by atoms with Gasteiger partial charge in [-0.15, -0.1) is 0 Å². The summed E-state index contributed by atoms with van der Waals surface area (Å²) in [7, 11) is 0. The molecule has 10 aromatic rings. The Labute approximate surface area is 304 Å². The Balaban J connectivity index is 1.03. The molecule has 0 aliphatic heterocycles. The fourth-order valence-electron chi connectivity index (χ4n) is 6.79. The van der Waals surface area contributed by atoms with Gasteiger partial charge in [0.25, 0.3) is 0 Å². The summed E-state index contributed by atoms with van der Waals surface area (Å²) in [5, 5.41) is 3.22. The fourth-order valence-corrected chi connectivity index (χ4v) is 6.79. The van der Waals surface area contributed by atoms with E-state index in [4.69, 9.17) is 24.4 Å². The SMILES string of the molecule is c1ccc(-c2cccc(-c3nc(-c4ccccc4)nc(-c4ccc(-c5ncnc6c5oc5ncc(-c7ccc8ccccc8c7)cc56)cc4)n3)c2)cc1. The predicted molar refractivity (Wildman–Crippen MR) is 211 cm³/mol. The van der Waals surface area contributed by atoms with Crippen LogP contribution in [-0.4, -0.2) is 29.9 Å². The molecule has 7 heteroatoms. The van der Waals surface area contributed by atoms with Crippen LogP contribution in [0.1, 0.15) is 0 Å². The monoisotopic (exact) mass is 680 g/mol. The average molecular weight is 681 g/mol. The third kappa shape index (κ3) is 5.66. The van der Waals surface area contributed by atoms with Crippen molar-refractivity contribution in [1.82, 2.24) is 29.9 Å². The Kier molecular flexibility index (Phi) is 7.32. The van der Waals surface area contributed by atoms with Gasteiger partial charge in [0.05, 0.1) is 5.39 Å². The molecule has 0 atom stereocenters. The first kappa shape index (κ1) is 30.4. The maximum absolute atomic E-state index is 6.32. The minimum Gasteiger partial charge on any atom is -0.434 e. The molecule has 0 bridgehead atoms. The number of hydrogen-bond acceptors (Lipinski definition) is 7. The van der Waals surface area contributed by atoms with E-state index in [1.54, 1.807) is 6.33 Å². The van der Waals surface area contributed by atoms with Gasteiger partial charge in [-0.2, -0.15) is 0 Å². The summed E-state index contributed by atoms with van der Waals surface area (Å²) in [4.78, 5) is 28.9. The van der Waals surface area contributed by atoms with E-state index in [9.17, 15) is 0 Å². The van der Waals surface area contributed by atoms with Gasteiger partial charge in [0.2, 0.25) is 5.71 Å². The highest BCUT2D eigenvalue weighted by molar-refractivity contribution is 6.06. The molecule has 0 saturated carbocycles. The highest BCUT2D eigenvalue weighted by Crippen LogP contribution is 2.36. The summed E-state index contributed by atoms with van der Waals surface area (Å²) < 4.78 is 6.32. The first-order valence-electron chi connectivity index (χ1n) is 17.3. The van der Waals surface area contributed by atoms with Gasteiger partial charge in [0.15, 0.2) is 23.1 Å². The second-order valence-electron chi connectivity index (χ2n) is 12.8. The third-order valence-electron chi connectivity index (χ3n) is 9.50. The number of pyridine rings is 1. The van der Waals surface area contributed by atoms with Crippen LogP contribution in [-0.2, 0) is 0 Å². The lowest BCUT2D eigenvalue weighted by molar-refractivity contribution is 0.652. The lowest BCUT2D eigenvalue weighted by Crippen LogP contribution is -2.00. The van der Waals surface area contributed by atoms with Crippen molar-refractivity contribution < 1.29 is 4.42 Å². The second kappa shape index (κ2) is 12.7. The summed E-state index contributed by atoms with van der Waals surface area (Å²) in [6.45, 7) is 0. The smallest absolute Gasteiger partial charge is 0.229 e. The van der Waals surface area contributed by atoms with Crippen LogP contribution >= 0.6 is 0 Å². The van der Waals surface area contributed by atoms with E-state index >= 15 is 0 Å². The second-order valence-corrected chi connectivity index (χ2v) is 12.8. The Hall–Kier alpha value is -7.38. The van der Waals surface area contributed by atoms with Crippen LogP contribution in [0.4, 0.5) is 0 Å². The van der Waals surface area contributed by atoms with Crippen molar-refractivity contribution in [3.05, 3.63) is 170 Å². The van der Waals surface area contributed by atoms with Crippen LogP contribution in [0, 0.1) is 0 Å². The number of hydrogen-bond donors (Lipinski definition) is 0. The minimum atomic E-state index is 0.519. The van der Waals surface area contributed by atoms with Crippen molar-refractivity contribution in [2.75, 3.05) is 0 Å². The van der Waals surface area contributed by atoms with E-state index < -0.39 is 0 Å². The fraction of sp³-hybridized carbons (Fsp3) is 0. The molecule has 4 heterocycles. The highest BCUT2D eigenvalue weighted by Gasteiger charge is 2.18. The van der Waals surface area contributed by atoms with E-state index in [0.29, 0.717) is 34.5 Å². The van der Waals surface area contributed by atoms with Gasteiger partial charge in [0.1, 0.15) is 17.5 Å². The molecule has 0 fully saturated rings. The quantitative estimate of drug-likeness (QED) is 0.173. The van der Waals surface area contributed by atoms with Gasteiger partial charge in [-0.25, -0.2) is 29.9 Å². The zero-order chi connectivity index (χ0) is 35.1. The number of nitrogens with zero attached hydrogens (tertiary/aromatic N) is 6. The van der Waals surface area contributed by atoms with Gasteiger partial charge in [-0.05, 0) is 45.7 Å². The zero-order valence-corrected chi connectivity index (χ0v) is 28.3. The van der Waals surface area contributed by atoms with E-state index in [1.165, 1.54) is 10.8 Å². The molecule has 0 aliphatic carbocycles. The molecule has 0 unspecified atom stereocenters. The number of fused-ring (bicyclic) bond motifs is 4. The van der Waals surface area contributed by atoms with Gasteiger partial charge in [-0.3, -0.25) is 0 Å². The molecule has 10 rings (SSSR count). The molecule has 0 N–H and O–H groups in total. The molecule has 53 heavy (non-hydrogen) atoms. The predicted octanol–water partition coefficient (Wildman–Crippen LogP) is 11.1. The lowest BCUT2D eigenvalue weighted by atomic mass is 10.0. The molecule has 0 radical (unpaired) electrons. The van der Waals surface area contributed by atoms with Gasteiger partial charge in [-0.1, -0.05) is 140 Å². The van der Waals surface area contributed by atoms with Crippen LogP contribution in [0.15, 0.2) is 175 Å². The number of furan rings is 1. The van der Waals surface area contributed by atoms with Gasteiger partial charge < -0.3 is 4.42 Å². The summed E-state index contributed by atoms with van der Waals surface area (Å²) >= 11 is 0. The number of aromatic nitrogens is 6. The summed E-state index contributed by atoms with van der Waals surface area (Å²) in [6, 6.07) is 53.5. The number of rotatable bonds is 6. The lowest BCUT2D eigenvalue weighted by Gasteiger charge is -2.10. The minimum absolute atomic E-state index is 0.519. The molecule has 4 aromatic heterocycles. The molecule has 248 valence electrons. The van der Waals surface area contributed by atoms with E-state index in [-0.39, 0.29) is 0 Å². The topological polar surface area (TPSA) is 90.5 Å². The Morgan fingerprint density at radius 1 is 0.377 bits per heavy atom. The molecular formula is C46H28N6O. The Morgan fingerprint density at radius 2 is 0.962 bits per heavy atom. The van der Waals surface area contributed by atoms with Crippen molar-refractivity contribution in [2.45, 2.75) is 0 Å². The van der Waals surface area contributed by atoms with Gasteiger partial charge >= 0.3 is 0 Å². The van der Waals surface area contributed by atoms with Gasteiger partial charge in [0, 0.05) is 34.0 Å². The highest BCUT2D eigenvalue weighted by atomic mass is 16.3. The largest absolute Gasteiger partial charge is 0.434 e. The van der Waals surface area contributed by atoms with Crippen LogP contribution in [0.3, 0.4) is 0 Å². The van der Waals surface area contributed by atoms with Crippen molar-refractivity contribution >= 4 is 33.0 Å². The normalized spacial score (nSPS) is 11.4. The standard InChI is InChI=1S/C46H28N6O/c1-3-10-29(11-4-1)35-16-9-17-37(25-35)45-51-43(32-13-5-2-6-14-32)50-44(52-45)33-21-19-31(20-22-33)40-42-41(49-28-48-40)39-26-38(27-47-46(39)53-42)36-23-18-30-12-7-8-15-34(30)24-36/h1-28H. The van der Waals surface area contributed by atoms with Crippen LogP contribution in [0.25, 0.3) is 101 Å². The molecule has 6 aromatic carbocycles. The zero-order valence-electron chi connectivity index (χ0n) is 28.3. The van der Waals surface area contributed by atoms with Crippen molar-refractivity contribution in [3.8, 4) is 67.7 Å². The first-order valence-corrected chi connectivity index (χ1v) is 17.3. The average Bonchev–Trinajstić information content (AvgIpc) is 3.62. The molecule has 0 saturated heterocycles. The summed E-state index contributed by atoms with van der Waals surface area (Å²) in [6.07, 6.45) is 3.43. The third-order valence-corrected chi connectivity index (χ3v) is 9.50. The van der Waals surface area contributed by atoms with Crippen LogP contribution in [0.5, 0.6) is 0 Å². The van der Waals surface area contributed by atoms with E-state index in [2.05, 4.69) is 82.8 Å². The Morgan fingerprint density at radius 3 is 1.74 bits per heavy atom. The van der Waals surface area contributed by atoms with Crippen LogP contribution in [0.2, 0.25) is 0 Å². The summed E-state index contributed by atoms with van der Waals surface area (Å²) in [5.74, 6) is 1.79. The van der Waals surface area contributed by atoms with E-state index in [0.717, 1.165) is 55.4 Å². The number of benzene rings is 6. The maximum atomic E-state index is 6.32. The van der Waals surface area contributed by atoms with Crippen molar-refractivity contribution in [1.29, 1.82) is 0 Å². The van der Waals surface area contributed by atoms with Crippen LogP contribution < -0.4 is 0 Å². The molecule has 7 nitrogen and oxygen atoms in total. The first-order chi connectivity index (χ1) is 26.2. The molecule has 0 spiro atoms. The molecular weight excluding hydrogens is 653 g/mol. The molecule has 0 amide bonds. The molecule has 0 aliphatic rings. The van der Waals surface area contributed by atoms with E-state index in [1.807, 2.05) is 91.1 Å².